The molecule has 0 aromatic carbocycles. The lowest BCUT2D eigenvalue weighted by atomic mass is 9.72. The van der Waals surface area contributed by atoms with Crippen LogP contribution < -0.4 is 11.1 Å². The molecule has 1 spiro atoms. The summed E-state index contributed by atoms with van der Waals surface area (Å²) >= 11 is 0. The number of likely N-dealkylation sites (tertiary alicyclic amines) is 1. The molecule has 1 amide bonds. The number of nitrogens with zero attached hydrogens (tertiary/aromatic N) is 1. The zero-order valence-electron chi connectivity index (χ0n) is 22.8. The second-order valence-corrected chi connectivity index (χ2v) is 12.4. The van der Waals surface area contributed by atoms with E-state index >= 15 is 0 Å². The van der Waals surface area contributed by atoms with E-state index in [4.69, 9.17) is 10.5 Å². The van der Waals surface area contributed by atoms with Gasteiger partial charge in [-0.15, -0.1) is 0 Å². The first-order valence-electron chi connectivity index (χ1n) is 15.0. The van der Waals surface area contributed by atoms with E-state index in [0.717, 1.165) is 32.1 Å². The average molecular weight is 520 g/mol. The molecule has 3 saturated carbocycles. The van der Waals surface area contributed by atoms with Crippen LogP contribution in [0.1, 0.15) is 103 Å². The number of rotatable bonds is 13. The molecule has 0 radical (unpaired) electrons. The highest BCUT2D eigenvalue weighted by atomic mass is 16.5. The van der Waals surface area contributed by atoms with E-state index in [2.05, 4.69) is 5.32 Å². The molecule has 37 heavy (non-hydrogen) atoms. The molecular weight excluding hydrogens is 470 g/mol. The van der Waals surface area contributed by atoms with Crippen molar-refractivity contribution in [3.63, 3.8) is 0 Å². The number of amides is 1. The molecule has 0 aromatic heterocycles. The van der Waals surface area contributed by atoms with Crippen LogP contribution in [0.15, 0.2) is 0 Å². The summed E-state index contributed by atoms with van der Waals surface area (Å²) in [7, 11) is 0. The summed E-state index contributed by atoms with van der Waals surface area (Å²) < 4.78 is 5.40. The molecule has 210 valence electrons. The standard InChI is InChI=1S/C29H49N3O5/c1-2-37-28(36)24(14-12-20-8-4-3-5-9-20)31-23(10-6-7-15-30)26(33)32-19-29(18-25(32)27(34)35)17-21-11-13-22(29)16-21/h20-25,31H,2-19,30H2,1H3,(H,34,35)/t21?,22?,23-,24?,25?,29?/m0/s1. The number of unbranched alkanes of at least 4 members (excludes halogenated alkanes) is 1. The van der Waals surface area contributed by atoms with E-state index < -0.39 is 24.1 Å². The number of carboxylic acids is 1. The van der Waals surface area contributed by atoms with Crippen LogP contribution in [0, 0.1) is 23.2 Å². The molecule has 8 heteroatoms. The average Bonchev–Trinajstić information content (AvgIpc) is 3.60. The highest BCUT2D eigenvalue weighted by Crippen LogP contribution is 2.60. The summed E-state index contributed by atoms with van der Waals surface area (Å²) in [6, 6.07) is -1.95. The Morgan fingerprint density at radius 3 is 2.46 bits per heavy atom. The molecule has 4 N–H and O–H groups in total. The molecule has 6 atom stereocenters. The van der Waals surface area contributed by atoms with Crippen molar-refractivity contribution in [2.45, 2.75) is 121 Å². The van der Waals surface area contributed by atoms with Gasteiger partial charge < -0.3 is 20.5 Å². The van der Waals surface area contributed by atoms with Crippen molar-refractivity contribution < 1.29 is 24.2 Å². The SMILES string of the molecule is CCOC(=O)C(CCC1CCCCC1)N[C@@H](CCCCN)C(=O)N1CC2(CC3CCC2C3)CC1C(=O)O. The van der Waals surface area contributed by atoms with Crippen LogP contribution in [0.4, 0.5) is 0 Å². The van der Waals surface area contributed by atoms with Crippen LogP contribution in [-0.4, -0.2) is 65.7 Å². The van der Waals surface area contributed by atoms with E-state index in [1.165, 1.54) is 44.9 Å². The normalized spacial score (nSPS) is 31.1. The summed E-state index contributed by atoms with van der Waals surface area (Å²) in [5, 5.41) is 13.5. The fourth-order valence-corrected chi connectivity index (χ4v) is 8.07. The summed E-state index contributed by atoms with van der Waals surface area (Å²) in [6.07, 6.45) is 15.0. The van der Waals surface area contributed by atoms with Crippen molar-refractivity contribution in [2.75, 3.05) is 19.7 Å². The molecule has 1 saturated heterocycles. The van der Waals surface area contributed by atoms with Crippen LogP contribution in [0.2, 0.25) is 0 Å². The van der Waals surface area contributed by atoms with Crippen molar-refractivity contribution in [1.29, 1.82) is 0 Å². The Hall–Kier alpha value is -1.67. The molecule has 2 bridgehead atoms. The monoisotopic (exact) mass is 519 g/mol. The molecule has 1 heterocycles. The lowest BCUT2D eigenvalue weighted by Gasteiger charge is -2.34. The Bertz CT molecular complexity index is 800. The molecule has 8 nitrogen and oxygen atoms in total. The van der Waals surface area contributed by atoms with Crippen LogP contribution in [-0.2, 0) is 19.1 Å². The van der Waals surface area contributed by atoms with E-state index in [0.29, 0.717) is 56.7 Å². The van der Waals surface area contributed by atoms with Crippen molar-refractivity contribution in [3.05, 3.63) is 0 Å². The molecule has 4 aliphatic rings. The van der Waals surface area contributed by atoms with Gasteiger partial charge >= 0.3 is 11.9 Å². The summed E-state index contributed by atoms with van der Waals surface area (Å²) in [5.74, 6) is 0.440. The van der Waals surface area contributed by atoms with Gasteiger partial charge in [-0.1, -0.05) is 44.9 Å². The molecule has 1 aliphatic heterocycles. The number of nitrogens with two attached hydrogens (primary N) is 1. The van der Waals surface area contributed by atoms with Crippen LogP contribution >= 0.6 is 0 Å². The number of carbonyl (C=O) groups excluding carboxylic acids is 2. The largest absolute Gasteiger partial charge is 0.480 e. The van der Waals surface area contributed by atoms with Crippen molar-refractivity contribution in [1.82, 2.24) is 10.2 Å². The second-order valence-electron chi connectivity index (χ2n) is 12.4. The second kappa shape index (κ2) is 12.9. The van der Waals surface area contributed by atoms with Gasteiger partial charge in [-0.3, -0.25) is 14.9 Å². The van der Waals surface area contributed by atoms with Crippen molar-refractivity contribution in [3.8, 4) is 0 Å². The van der Waals surface area contributed by atoms with E-state index in [-0.39, 0.29) is 17.3 Å². The number of ether oxygens (including phenoxy) is 1. The smallest absolute Gasteiger partial charge is 0.326 e. The van der Waals surface area contributed by atoms with Crippen LogP contribution in [0.5, 0.6) is 0 Å². The fourth-order valence-electron chi connectivity index (χ4n) is 8.07. The van der Waals surface area contributed by atoms with E-state index in [1.807, 2.05) is 0 Å². The maximum Gasteiger partial charge on any atom is 0.326 e. The highest BCUT2D eigenvalue weighted by Gasteiger charge is 2.59. The third kappa shape index (κ3) is 6.67. The first-order chi connectivity index (χ1) is 17.9. The fraction of sp³-hybridized carbons (Fsp3) is 0.897. The maximum absolute atomic E-state index is 14.0. The van der Waals surface area contributed by atoms with Gasteiger partial charge in [0.05, 0.1) is 12.6 Å². The molecular formula is C29H49N3O5. The number of hydrogen-bond acceptors (Lipinski definition) is 6. The Morgan fingerprint density at radius 2 is 1.84 bits per heavy atom. The number of esters is 1. The van der Waals surface area contributed by atoms with Gasteiger partial charge in [0.25, 0.3) is 0 Å². The zero-order valence-corrected chi connectivity index (χ0v) is 22.8. The molecule has 4 rings (SSSR count). The molecule has 4 fully saturated rings. The quantitative estimate of drug-likeness (QED) is 0.249. The first-order valence-corrected chi connectivity index (χ1v) is 15.0. The van der Waals surface area contributed by atoms with Crippen LogP contribution in [0.3, 0.4) is 0 Å². The van der Waals surface area contributed by atoms with Gasteiger partial charge in [-0.2, -0.15) is 0 Å². The summed E-state index contributed by atoms with van der Waals surface area (Å²) in [6.45, 7) is 3.17. The van der Waals surface area contributed by atoms with E-state index in [9.17, 15) is 19.5 Å². The number of carbonyl (C=O) groups is 3. The number of carboxylic acid groups (broad SMARTS) is 1. The minimum absolute atomic E-state index is 0.0506. The van der Waals surface area contributed by atoms with Gasteiger partial charge in [-0.05, 0) is 88.0 Å². The van der Waals surface area contributed by atoms with Gasteiger partial charge in [0.1, 0.15) is 12.1 Å². The summed E-state index contributed by atoms with van der Waals surface area (Å²) in [4.78, 5) is 41.0. The van der Waals surface area contributed by atoms with Gasteiger partial charge in [0.2, 0.25) is 5.91 Å². The van der Waals surface area contributed by atoms with Crippen LogP contribution in [0.25, 0.3) is 0 Å². The lowest BCUT2D eigenvalue weighted by molar-refractivity contribution is -0.150. The van der Waals surface area contributed by atoms with Crippen molar-refractivity contribution >= 4 is 17.8 Å². The summed E-state index contributed by atoms with van der Waals surface area (Å²) in [5.41, 5.74) is 5.69. The van der Waals surface area contributed by atoms with Crippen molar-refractivity contribution in [2.24, 2.45) is 28.9 Å². The van der Waals surface area contributed by atoms with Gasteiger partial charge in [-0.25, -0.2) is 4.79 Å². The van der Waals surface area contributed by atoms with E-state index in [1.54, 1.807) is 11.8 Å². The molecule has 5 unspecified atom stereocenters. The first kappa shape index (κ1) is 28.3. The van der Waals surface area contributed by atoms with Gasteiger partial charge in [0, 0.05) is 6.54 Å². The topological polar surface area (TPSA) is 122 Å². The number of nitrogens with one attached hydrogen (secondary N) is 1. The van der Waals surface area contributed by atoms with Gasteiger partial charge in [0.15, 0.2) is 0 Å². The molecule has 3 aliphatic carbocycles. The Balaban J connectivity index is 1.49. The minimum Gasteiger partial charge on any atom is -0.480 e. The Labute approximate surface area is 222 Å². The predicted octanol–water partition coefficient (Wildman–Crippen LogP) is 3.86. The highest BCUT2D eigenvalue weighted by molar-refractivity contribution is 5.88. The number of fused-ring (bicyclic) bond motifs is 3. The zero-order chi connectivity index (χ0) is 26.4. The third-order valence-electron chi connectivity index (χ3n) is 9.94. The number of aliphatic carboxylic acids is 1. The predicted molar refractivity (Wildman–Crippen MR) is 142 cm³/mol. The third-order valence-corrected chi connectivity index (χ3v) is 9.94. The lowest BCUT2D eigenvalue weighted by Crippen LogP contribution is -2.54. The Morgan fingerprint density at radius 1 is 1.05 bits per heavy atom. The maximum atomic E-state index is 14.0. The minimum atomic E-state index is -0.909. The number of hydrogen-bond donors (Lipinski definition) is 3. The Kier molecular flexibility index (Phi) is 9.90. The molecule has 0 aromatic rings.